The number of hydrogen-bond donors (Lipinski definition) is 2. The van der Waals surface area contributed by atoms with Crippen LogP contribution in [0, 0.1) is 0 Å². The van der Waals surface area contributed by atoms with Crippen molar-refractivity contribution in [3.8, 4) is 11.3 Å². The molecule has 34 heavy (non-hydrogen) atoms. The molecule has 2 aromatic carbocycles. The molecule has 0 atom stereocenters. The van der Waals surface area contributed by atoms with Gasteiger partial charge in [-0.3, -0.25) is 14.9 Å². The van der Waals surface area contributed by atoms with E-state index in [1.807, 2.05) is 49.3 Å². The summed E-state index contributed by atoms with van der Waals surface area (Å²) in [6.07, 6.45) is -0.143. The Kier molecular flexibility index (Phi) is 8.53. The van der Waals surface area contributed by atoms with Crippen LogP contribution in [-0.2, 0) is 16.1 Å². The van der Waals surface area contributed by atoms with Gasteiger partial charge in [0.25, 0.3) is 5.56 Å². The highest BCUT2D eigenvalue weighted by Crippen LogP contribution is 2.20. The molecule has 1 heterocycles. The van der Waals surface area contributed by atoms with Crippen LogP contribution in [0.4, 0.5) is 16.2 Å². The van der Waals surface area contributed by atoms with Crippen molar-refractivity contribution in [2.45, 2.75) is 19.9 Å². The number of ether oxygens (including phenoxy) is 1. The Bertz CT molecular complexity index is 1210. The van der Waals surface area contributed by atoms with Crippen LogP contribution in [0.1, 0.15) is 18.9 Å². The summed E-state index contributed by atoms with van der Waals surface area (Å²) in [6, 6.07) is 17.6. The Morgan fingerprint density at radius 1 is 1.00 bits per heavy atom. The van der Waals surface area contributed by atoms with E-state index in [0.29, 0.717) is 30.0 Å². The summed E-state index contributed by atoms with van der Waals surface area (Å²) in [7, 11) is 3.84. The predicted molar refractivity (Wildman–Crippen MR) is 132 cm³/mol. The molecular weight excluding hydrogens is 434 g/mol. The summed E-state index contributed by atoms with van der Waals surface area (Å²) in [5.41, 5.74) is 3.15. The highest BCUT2D eigenvalue weighted by Gasteiger charge is 2.09. The smallest absolute Gasteiger partial charge is 0.411 e. The van der Waals surface area contributed by atoms with Crippen molar-refractivity contribution in [1.82, 2.24) is 14.7 Å². The van der Waals surface area contributed by atoms with Gasteiger partial charge in [-0.2, -0.15) is 5.10 Å². The minimum Gasteiger partial charge on any atom is -0.450 e. The van der Waals surface area contributed by atoms with Gasteiger partial charge in [0, 0.05) is 36.0 Å². The average molecular weight is 464 g/mol. The number of aromatic nitrogens is 2. The molecule has 3 rings (SSSR count). The van der Waals surface area contributed by atoms with Crippen LogP contribution < -0.4 is 16.2 Å². The number of hydrogen-bond acceptors (Lipinski definition) is 6. The van der Waals surface area contributed by atoms with Gasteiger partial charge in [0.2, 0.25) is 5.91 Å². The molecule has 2 amide bonds. The molecule has 0 bridgehead atoms. The lowest BCUT2D eigenvalue weighted by atomic mass is 10.1. The van der Waals surface area contributed by atoms with Crippen molar-refractivity contribution in [2.24, 2.45) is 0 Å². The minimum atomic E-state index is -0.536. The van der Waals surface area contributed by atoms with E-state index in [9.17, 15) is 14.4 Å². The largest absolute Gasteiger partial charge is 0.450 e. The van der Waals surface area contributed by atoms with Crippen LogP contribution >= 0.6 is 0 Å². The van der Waals surface area contributed by atoms with Gasteiger partial charge in [-0.05, 0) is 56.9 Å². The Balaban J connectivity index is 1.76. The molecule has 0 spiro atoms. The molecule has 0 saturated heterocycles. The number of anilines is 2. The van der Waals surface area contributed by atoms with E-state index >= 15 is 0 Å². The van der Waals surface area contributed by atoms with Crippen LogP contribution in [-0.4, -0.2) is 53.9 Å². The van der Waals surface area contributed by atoms with Gasteiger partial charge in [0.1, 0.15) is 0 Å². The van der Waals surface area contributed by atoms with Gasteiger partial charge in [-0.15, -0.1) is 0 Å². The van der Waals surface area contributed by atoms with Gasteiger partial charge in [0.15, 0.2) is 0 Å². The fourth-order valence-electron chi connectivity index (χ4n) is 3.23. The molecule has 9 nitrogen and oxygen atoms in total. The maximum absolute atomic E-state index is 12.4. The first kappa shape index (κ1) is 24.7. The monoisotopic (exact) mass is 463 g/mol. The van der Waals surface area contributed by atoms with Gasteiger partial charge < -0.3 is 15.0 Å². The summed E-state index contributed by atoms with van der Waals surface area (Å²) in [5.74, 6) is -0.0694. The van der Waals surface area contributed by atoms with Crippen LogP contribution in [0.3, 0.4) is 0 Å². The predicted octanol–water partition coefficient (Wildman–Crippen LogP) is 3.42. The maximum Gasteiger partial charge on any atom is 0.411 e. The first-order chi connectivity index (χ1) is 16.3. The third kappa shape index (κ3) is 7.28. The molecule has 0 fully saturated rings. The van der Waals surface area contributed by atoms with Crippen LogP contribution in [0.15, 0.2) is 65.5 Å². The number of carbonyl (C=O) groups excluding carboxylic acids is 2. The van der Waals surface area contributed by atoms with Crippen molar-refractivity contribution < 1.29 is 14.3 Å². The molecule has 0 aliphatic rings. The van der Waals surface area contributed by atoms with Crippen molar-refractivity contribution in [2.75, 3.05) is 37.9 Å². The molecular formula is C25H29N5O4. The van der Waals surface area contributed by atoms with Crippen molar-refractivity contribution >= 4 is 23.4 Å². The first-order valence-corrected chi connectivity index (χ1v) is 11.0. The van der Waals surface area contributed by atoms with Gasteiger partial charge in [0.05, 0.1) is 18.8 Å². The molecule has 0 radical (unpaired) electrons. The lowest BCUT2D eigenvalue weighted by Crippen LogP contribution is -2.23. The minimum absolute atomic E-state index is 0.0694. The Morgan fingerprint density at radius 3 is 2.47 bits per heavy atom. The molecule has 0 aliphatic heterocycles. The molecule has 0 unspecified atom stereocenters. The van der Waals surface area contributed by atoms with Crippen LogP contribution in [0.25, 0.3) is 11.3 Å². The lowest BCUT2D eigenvalue weighted by Gasteiger charge is -2.11. The summed E-state index contributed by atoms with van der Waals surface area (Å²) >= 11 is 0. The molecule has 178 valence electrons. The zero-order chi connectivity index (χ0) is 24.5. The summed E-state index contributed by atoms with van der Waals surface area (Å²) in [5, 5.41) is 10.1. The number of nitrogens with one attached hydrogen (secondary N) is 2. The standard InChI is InChI=1S/C25H29N5O4/c1-4-34-25(33)27-20-9-5-7-18(15-20)17-30-24(32)12-11-22(28-30)19-8-6-10-21(16-19)26-23(31)13-14-29(2)3/h5-12,15-16H,4,13-14,17H2,1-3H3,(H,26,31)(H,27,33). The maximum atomic E-state index is 12.4. The number of rotatable bonds is 9. The van der Waals surface area contributed by atoms with Crippen molar-refractivity contribution in [3.05, 3.63) is 76.6 Å². The lowest BCUT2D eigenvalue weighted by molar-refractivity contribution is -0.116. The zero-order valence-electron chi connectivity index (χ0n) is 19.6. The number of benzene rings is 2. The SMILES string of the molecule is CCOC(=O)Nc1cccc(Cn2nc(-c3cccc(NC(=O)CCN(C)C)c3)ccc2=O)c1. The first-order valence-electron chi connectivity index (χ1n) is 11.0. The van der Waals surface area contributed by atoms with Crippen LogP contribution in [0.2, 0.25) is 0 Å². The molecule has 1 aromatic heterocycles. The average Bonchev–Trinajstić information content (AvgIpc) is 2.80. The summed E-state index contributed by atoms with van der Waals surface area (Å²) in [4.78, 5) is 38.2. The van der Waals surface area contributed by atoms with Crippen molar-refractivity contribution in [3.63, 3.8) is 0 Å². The van der Waals surface area contributed by atoms with E-state index in [2.05, 4.69) is 15.7 Å². The topological polar surface area (TPSA) is 106 Å². The molecule has 3 aromatic rings. The van der Waals surface area contributed by atoms with E-state index < -0.39 is 6.09 Å². The van der Waals surface area contributed by atoms with Gasteiger partial charge >= 0.3 is 6.09 Å². The molecule has 2 N–H and O–H groups in total. The normalized spacial score (nSPS) is 10.7. The van der Waals surface area contributed by atoms with Gasteiger partial charge in [-0.1, -0.05) is 24.3 Å². The highest BCUT2D eigenvalue weighted by molar-refractivity contribution is 5.91. The quantitative estimate of drug-likeness (QED) is 0.504. The fraction of sp³-hybridized carbons (Fsp3) is 0.280. The zero-order valence-corrected chi connectivity index (χ0v) is 19.6. The third-order valence-corrected chi connectivity index (χ3v) is 4.88. The van der Waals surface area contributed by atoms with Crippen LogP contribution in [0.5, 0.6) is 0 Å². The van der Waals surface area contributed by atoms with E-state index in [1.54, 1.807) is 31.2 Å². The molecule has 0 saturated carbocycles. The number of nitrogens with zero attached hydrogens (tertiary/aromatic N) is 3. The summed E-state index contributed by atoms with van der Waals surface area (Å²) < 4.78 is 6.26. The van der Waals surface area contributed by atoms with E-state index in [0.717, 1.165) is 11.1 Å². The Labute approximate surface area is 198 Å². The van der Waals surface area contributed by atoms with E-state index in [4.69, 9.17) is 4.74 Å². The third-order valence-electron chi connectivity index (χ3n) is 4.88. The Hall–Kier alpha value is -3.98. The fourth-order valence-corrected chi connectivity index (χ4v) is 3.23. The second kappa shape index (κ2) is 11.8. The van der Waals surface area contributed by atoms with Crippen molar-refractivity contribution in [1.29, 1.82) is 0 Å². The highest BCUT2D eigenvalue weighted by atomic mass is 16.5. The second-order valence-electron chi connectivity index (χ2n) is 7.94. The van der Waals surface area contributed by atoms with E-state index in [-0.39, 0.29) is 24.6 Å². The summed E-state index contributed by atoms with van der Waals surface area (Å²) in [6.45, 7) is 2.90. The van der Waals surface area contributed by atoms with E-state index in [1.165, 1.54) is 10.7 Å². The number of amides is 2. The second-order valence-corrected chi connectivity index (χ2v) is 7.94. The molecule has 9 heteroatoms. The Morgan fingerprint density at radius 2 is 1.74 bits per heavy atom. The van der Waals surface area contributed by atoms with Gasteiger partial charge in [-0.25, -0.2) is 9.48 Å². The molecule has 0 aliphatic carbocycles. The number of carbonyl (C=O) groups is 2.